The van der Waals surface area contributed by atoms with Gasteiger partial charge in [-0.25, -0.2) is 4.79 Å². The minimum absolute atomic E-state index is 0.0282. The molecule has 0 aliphatic heterocycles. The van der Waals surface area contributed by atoms with E-state index in [0.29, 0.717) is 0 Å². The molecule has 1 aromatic rings. The zero-order valence-electron chi connectivity index (χ0n) is 12.3. The lowest BCUT2D eigenvalue weighted by atomic mass is 9.86. The molecule has 0 radical (unpaired) electrons. The summed E-state index contributed by atoms with van der Waals surface area (Å²) in [7, 11) is 2.98. The number of rotatable bonds is 6. The number of ether oxygens (including phenoxy) is 2. The van der Waals surface area contributed by atoms with Crippen LogP contribution in [0, 0.1) is 12.8 Å². The van der Waals surface area contributed by atoms with Gasteiger partial charge in [0.15, 0.2) is 5.54 Å². The molecular weight excluding hydrogens is 242 g/mol. The number of carbonyl (C=O) groups excluding carboxylic acids is 1. The number of carbonyl (C=O) groups is 1. The number of methoxy groups -OCH3 is 2. The average Bonchev–Trinajstić information content (AvgIpc) is 2.37. The van der Waals surface area contributed by atoms with Gasteiger partial charge in [-0.2, -0.15) is 0 Å². The molecule has 0 aromatic heterocycles. The maximum absolute atomic E-state index is 12.2. The highest BCUT2D eigenvalue weighted by Crippen LogP contribution is 2.26. The van der Waals surface area contributed by atoms with E-state index in [9.17, 15) is 4.79 Å². The first kappa shape index (κ1) is 15.5. The normalized spacial score (nSPS) is 14.0. The third-order valence-electron chi connectivity index (χ3n) is 3.29. The van der Waals surface area contributed by atoms with E-state index in [0.717, 1.165) is 11.3 Å². The van der Waals surface area contributed by atoms with E-state index in [2.05, 4.69) is 5.32 Å². The van der Waals surface area contributed by atoms with E-state index in [1.54, 1.807) is 7.11 Å². The van der Waals surface area contributed by atoms with Gasteiger partial charge in [-0.3, -0.25) is 0 Å². The van der Waals surface area contributed by atoms with Crippen LogP contribution in [0.25, 0.3) is 0 Å². The van der Waals surface area contributed by atoms with Crippen molar-refractivity contribution < 1.29 is 14.3 Å². The molecule has 4 heteroatoms. The van der Waals surface area contributed by atoms with Crippen LogP contribution >= 0.6 is 0 Å². The fourth-order valence-electron chi connectivity index (χ4n) is 2.08. The Balaban J connectivity index is 3.12. The molecule has 1 N–H and O–H groups in total. The molecule has 1 aromatic carbocycles. The van der Waals surface area contributed by atoms with Crippen molar-refractivity contribution in [3.8, 4) is 0 Å². The van der Waals surface area contributed by atoms with Crippen LogP contribution in [0.4, 0.5) is 5.69 Å². The van der Waals surface area contributed by atoms with Crippen molar-refractivity contribution in [2.75, 3.05) is 26.1 Å². The fourth-order valence-corrected chi connectivity index (χ4v) is 2.08. The quantitative estimate of drug-likeness (QED) is 0.803. The molecule has 0 bridgehead atoms. The summed E-state index contributed by atoms with van der Waals surface area (Å²) in [6.45, 7) is 6.21. The van der Waals surface area contributed by atoms with E-state index < -0.39 is 5.54 Å². The van der Waals surface area contributed by atoms with Crippen molar-refractivity contribution in [3.63, 3.8) is 0 Å². The molecule has 1 rings (SSSR count). The predicted octanol–water partition coefficient (Wildman–Crippen LogP) is 2.62. The Bertz CT molecular complexity index is 431. The van der Waals surface area contributed by atoms with Gasteiger partial charge in [-0.05, 0) is 30.5 Å². The Morgan fingerprint density at radius 3 is 2.53 bits per heavy atom. The van der Waals surface area contributed by atoms with Gasteiger partial charge in [0.25, 0.3) is 0 Å². The Kier molecular flexibility index (Phi) is 5.36. The van der Waals surface area contributed by atoms with Crippen LogP contribution in [0.3, 0.4) is 0 Å². The zero-order valence-corrected chi connectivity index (χ0v) is 12.3. The van der Waals surface area contributed by atoms with Crippen LogP contribution in [0.15, 0.2) is 24.3 Å². The van der Waals surface area contributed by atoms with E-state index in [-0.39, 0.29) is 18.5 Å². The minimum atomic E-state index is -0.878. The van der Waals surface area contributed by atoms with Crippen molar-refractivity contribution in [2.24, 2.45) is 5.92 Å². The highest BCUT2D eigenvalue weighted by molar-refractivity contribution is 5.85. The minimum Gasteiger partial charge on any atom is -0.467 e. The number of anilines is 1. The average molecular weight is 265 g/mol. The van der Waals surface area contributed by atoms with Gasteiger partial charge in [-0.15, -0.1) is 0 Å². The molecule has 1 atom stereocenters. The summed E-state index contributed by atoms with van der Waals surface area (Å²) in [5, 5.41) is 3.28. The predicted molar refractivity (Wildman–Crippen MR) is 76.3 cm³/mol. The Hall–Kier alpha value is -1.55. The lowest BCUT2D eigenvalue weighted by molar-refractivity contribution is -0.150. The Morgan fingerprint density at radius 1 is 1.37 bits per heavy atom. The van der Waals surface area contributed by atoms with Gasteiger partial charge in [0.1, 0.15) is 0 Å². The smallest absolute Gasteiger partial charge is 0.334 e. The topological polar surface area (TPSA) is 47.6 Å². The van der Waals surface area contributed by atoms with Gasteiger partial charge >= 0.3 is 5.97 Å². The van der Waals surface area contributed by atoms with Crippen LogP contribution in [-0.2, 0) is 14.3 Å². The van der Waals surface area contributed by atoms with Gasteiger partial charge < -0.3 is 14.8 Å². The van der Waals surface area contributed by atoms with Crippen LogP contribution in [0.2, 0.25) is 0 Å². The molecule has 1 unspecified atom stereocenters. The van der Waals surface area contributed by atoms with Crippen molar-refractivity contribution in [2.45, 2.75) is 26.3 Å². The maximum Gasteiger partial charge on any atom is 0.334 e. The van der Waals surface area contributed by atoms with E-state index in [1.165, 1.54) is 7.11 Å². The summed E-state index contributed by atoms with van der Waals surface area (Å²) in [4.78, 5) is 12.2. The molecule has 0 amide bonds. The third kappa shape index (κ3) is 3.47. The number of benzene rings is 1. The standard InChI is InChI=1S/C15H23NO3/c1-11(2)15(10-18-4,14(17)19-5)16-13-8-6-7-12(3)9-13/h6-9,11,16H,10H2,1-5H3. The van der Waals surface area contributed by atoms with Crippen molar-refractivity contribution in [1.29, 1.82) is 0 Å². The van der Waals surface area contributed by atoms with Gasteiger partial charge in [0, 0.05) is 12.8 Å². The SMILES string of the molecule is COCC(Nc1cccc(C)c1)(C(=O)OC)C(C)C. The van der Waals surface area contributed by atoms with Gasteiger partial charge in [-0.1, -0.05) is 26.0 Å². The molecule has 0 saturated carbocycles. The Labute approximate surface area is 115 Å². The maximum atomic E-state index is 12.2. The lowest BCUT2D eigenvalue weighted by Gasteiger charge is -2.35. The van der Waals surface area contributed by atoms with Crippen LogP contribution < -0.4 is 5.32 Å². The van der Waals surface area contributed by atoms with Crippen molar-refractivity contribution >= 4 is 11.7 Å². The number of esters is 1. The highest BCUT2D eigenvalue weighted by Gasteiger charge is 2.43. The summed E-state index contributed by atoms with van der Waals surface area (Å²) < 4.78 is 10.2. The third-order valence-corrected chi connectivity index (χ3v) is 3.29. The molecule has 0 spiro atoms. The van der Waals surface area contributed by atoms with Crippen LogP contribution in [-0.4, -0.2) is 32.3 Å². The molecule has 4 nitrogen and oxygen atoms in total. The first-order valence-corrected chi connectivity index (χ1v) is 6.38. The summed E-state index contributed by atoms with van der Waals surface area (Å²) in [6, 6.07) is 7.89. The molecule has 0 heterocycles. The summed E-state index contributed by atoms with van der Waals surface area (Å²) in [5.41, 5.74) is 1.14. The number of nitrogens with one attached hydrogen (secondary N) is 1. The van der Waals surface area contributed by atoms with Gasteiger partial charge in [0.2, 0.25) is 0 Å². The van der Waals surface area contributed by atoms with Crippen molar-refractivity contribution in [3.05, 3.63) is 29.8 Å². The summed E-state index contributed by atoms with van der Waals surface area (Å²) in [5.74, 6) is -0.286. The Morgan fingerprint density at radius 2 is 2.05 bits per heavy atom. The number of aryl methyl sites for hydroxylation is 1. The fraction of sp³-hybridized carbons (Fsp3) is 0.533. The first-order valence-electron chi connectivity index (χ1n) is 6.38. The molecule has 0 aliphatic rings. The zero-order chi connectivity index (χ0) is 14.5. The number of hydrogen-bond acceptors (Lipinski definition) is 4. The van der Waals surface area contributed by atoms with E-state index in [4.69, 9.17) is 9.47 Å². The highest BCUT2D eigenvalue weighted by atomic mass is 16.5. The summed E-state index contributed by atoms with van der Waals surface area (Å²) >= 11 is 0. The largest absolute Gasteiger partial charge is 0.467 e. The first-order chi connectivity index (χ1) is 8.96. The van der Waals surface area contributed by atoms with Crippen molar-refractivity contribution in [1.82, 2.24) is 0 Å². The van der Waals surface area contributed by atoms with Crippen LogP contribution in [0.1, 0.15) is 19.4 Å². The molecule has 0 aliphatic carbocycles. The molecular formula is C15H23NO3. The molecule has 0 fully saturated rings. The molecule has 19 heavy (non-hydrogen) atoms. The molecule has 106 valence electrons. The second kappa shape index (κ2) is 6.57. The summed E-state index contributed by atoms with van der Waals surface area (Å²) in [6.07, 6.45) is 0. The van der Waals surface area contributed by atoms with E-state index >= 15 is 0 Å². The lowest BCUT2D eigenvalue weighted by Crippen LogP contribution is -2.55. The monoisotopic (exact) mass is 265 g/mol. The second-order valence-electron chi connectivity index (χ2n) is 5.05. The van der Waals surface area contributed by atoms with E-state index in [1.807, 2.05) is 45.0 Å². The number of hydrogen-bond donors (Lipinski definition) is 1. The molecule has 0 saturated heterocycles. The van der Waals surface area contributed by atoms with Crippen LogP contribution in [0.5, 0.6) is 0 Å². The van der Waals surface area contributed by atoms with Gasteiger partial charge in [0.05, 0.1) is 13.7 Å². The second-order valence-corrected chi connectivity index (χ2v) is 5.05.